The Bertz CT molecular complexity index is 489. The van der Waals surface area contributed by atoms with Gasteiger partial charge >= 0.3 is 6.18 Å². The summed E-state index contributed by atoms with van der Waals surface area (Å²) in [5.74, 6) is 0. The summed E-state index contributed by atoms with van der Waals surface area (Å²) in [4.78, 5) is 4.10. The van der Waals surface area contributed by atoms with Gasteiger partial charge in [-0.05, 0) is 36.6 Å². The molecule has 1 aliphatic heterocycles. The lowest BCUT2D eigenvalue weighted by Crippen LogP contribution is -2.42. The molecule has 0 saturated heterocycles. The fourth-order valence-electron chi connectivity index (χ4n) is 2.13. The lowest BCUT2D eigenvalue weighted by Gasteiger charge is -2.32. The van der Waals surface area contributed by atoms with E-state index in [9.17, 15) is 13.2 Å². The zero-order chi connectivity index (χ0) is 14.1. The van der Waals surface area contributed by atoms with E-state index < -0.39 is 18.4 Å². The normalized spacial score (nSPS) is 25.8. The lowest BCUT2D eigenvalue weighted by molar-refractivity contribution is -0.183. The molecule has 0 aromatic rings. The Morgan fingerprint density at radius 3 is 2.79 bits per heavy atom. The summed E-state index contributed by atoms with van der Waals surface area (Å²) in [5, 5.41) is 9.00. The van der Waals surface area contributed by atoms with E-state index in [1.165, 1.54) is 6.20 Å². The first-order valence-corrected chi connectivity index (χ1v) is 5.84. The molecule has 104 valence electrons. The third-order valence-corrected chi connectivity index (χ3v) is 3.01. The second-order valence-electron chi connectivity index (χ2n) is 4.50. The highest BCUT2D eigenvalue weighted by Crippen LogP contribution is 2.37. The summed E-state index contributed by atoms with van der Waals surface area (Å²) in [7, 11) is 0. The molecule has 0 spiro atoms. The summed E-state index contributed by atoms with van der Waals surface area (Å²) in [5.41, 5.74) is 0.579. The topological polar surface area (TPSA) is 41.8 Å². The van der Waals surface area contributed by atoms with E-state index in [2.05, 4.69) is 4.99 Å². The van der Waals surface area contributed by atoms with Crippen molar-refractivity contribution in [2.45, 2.75) is 25.1 Å². The van der Waals surface area contributed by atoms with Crippen LogP contribution >= 0.6 is 0 Å². The number of ether oxygens (including phenoxy) is 1. The maximum atomic E-state index is 12.4. The van der Waals surface area contributed by atoms with Crippen LogP contribution in [-0.2, 0) is 4.74 Å². The maximum absolute atomic E-state index is 12.4. The fraction of sp³-hybridized carbons (Fsp3) is 0.462. The van der Waals surface area contributed by atoms with Gasteiger partial charge in [0.2, 0.25) is 0 Å². The highest BCUT2D eigenvalue weighted by molar-refractivity contribution is 6.09. The molecule has 0 aromatic heterocycles. The molecule has 0 radical (unpaired) electrons. The van der Waals surface area contributed by atoms with Crippen molar-refractivity contribution in [3.8, 4) is 0 Å². The molecule has 0 amide bonds. The van der Waals surface area contributed by atoms with Crippen molar-refractivity contribution in [2.75, 3.05) is 13.2 Å². The van der Waals surface area contributed by atoms with Crippen LogP contribution in [0, 0.1) is 0 Å². The van der Waals surface area contributed by atoms with Crippen LogP contribution in [-0.4, -0.2) is 35.8 Å². The Balaban J connectivity index is 2.27. The van der Waals surface area contributed by atoms with E-state index in [-0.39, 0.29) is 13.0 Å². The third-order valence-electron chi connectivity index (χ3n) is 3.01. The molecule has 0 aromatic carbocycles. The predicted molar refractivity (Wildman–Crippen MR) is 64.9 cm³/mol. The standard InChI is InChI=1S/C13H14F3NO2/c1-9-2-4-12(19-8-13(14,15)16)10(3-5-18)7-17-11(12)6-9/h2,4,6-7,18H,3,5,8H2,1H3. The number of alkyl halides is 3. The molecule has 1 atom stereocenters. The first-order chi connectivity index (χ1) is 8.87. The molecule has 6 heteroatoms. The van der Waals surface area contributed by atoms with Crippen molar-refractivity contribution in [1.82, 2.24) is 0 Å². The summed E-state index contributed by atoms with van der Waals surface area (Å²) in [6.07, 6.45) is 2.25. The largest absolute Gasteiger partial charge is 0.411 e. The van der Waals surface area contributed by atoms with Crippen LogP contribution in [0.5, 0.6) is 0 Å². The Labute approximate surface area is 108 Å². The Hall–Kier alpha value is -1.40. The van der Waals surface area contributed by atoms with E-state index in [0.29, 0.717) is 11.3 Å². The highest BCUT2D eigenvalue weighted by Gasteiger charge is 2.44. The number of halogens is 3. The Morgan fingerprint density at radius 2 is 2.16 bits per heavy atom. The van der Waals surface area contributed by atoms with Gasteiger partial charge in [-0.3, -0.25) is 4.99 Å². The first kappa shape index (κ1) is 14.0. The Kier molecular flexibility index (Phi) is 3.64. The van der Waals surface area contributed by atoms with Gasteiger partial charge in [-0.15, -0.1) is 0 Å². The number of nitrogens with zero attached hydrogens (tertiary/aromatic N) is 1. The average Bonchev–Trinajstić information content (AvgIpc) is 2.66. The van der Waals surface area contributed by atoms with Crippen molar-refractivity contribution >= 4 is 5.71 Å². The van der Waals surface area contributed by atoms with Gasteiger partial charge in [0.05, 0.1) is 5.71 Å². The minimum atomic E-state index is -4.41. The quantitative estimate of drug-likeness (QED) is 0.855. The SMILES string of the molecule is CC1=CC2=NC=C(CCO)C2(OCC(F)(F)F)C=C1. The van der Waals surface area contributed by atoms with Crippen molar-refractivity contribution in [3.05, 3.63) is 35.6 Å². The third kappa shape index (κ3) is 2.79. The smallest absolute Gasteiger partial charge is 0.396 e. The fourth-order valence-corrected chi connectivity index (χ4v) is 2.13. The summed E-state index contributed by atoms with van der Waals surface area (Å²) < 4.78 is 42.2. The number of fused-ring (bicyclic) bond motifs is 1. The number of aliphatic hydroxyl groups is 1. The van der Waals surface area contributed by atoms with Crippen LogP contribution in [0.1, 0.15) is 13.3 Å². The van der Waals surface area contributed by atoms with Crippen molar-refractivity contribution in [1.29, 1.82) is 0 Å². The minimum Gasteiger partial charge on any atom is -0.396 e. The van der Waals surface area contributed by atoms with Crippen LogP contribution in [0.15, 0.2) is 40.6 Å². The number of hydrogen-bond donors (Lipinski definition) is 1. The van der Waals surface area contributed by atoms with Gasteiger partial charge in [-0.1, -0.05) is 6.08 Å². The Morgan fingerprint density at radius 1 is 1.42 bits per heavy atom. The number of rotatable bonds is 4. The van der Waals surface area contributed by atoms with Crippen LogP contribution in [0.4, 0.5) is 13.2 Å². The predicted octanol–water partition coefficient (Wildman–Crippen LogP) is 2.54. The molecular weight excluding hydrogens is 259 g/mol. The number of allylic oxidation sites excluding steroid dienone is 2. The molecule has 1 N–H and O–H groups in total. The first-order valence-electron chi connectivity index (χ1n) is 5.84. The summed E-state index contributed by atoms with van der Waals surface area (Å²) in [6, 6.07) is 0. The van der Waals surface area contributed by atoms with E-state index in [1.54, 1.807) is 18.2 Å². The van der Waals surface area contributed by atoms with Crippen LogP contribution in [0.25, 0.3) is 0 Å². The second kappa shape index (κ2) is 4.94. The molecular formula is C13H14F3NO2. The number of hydrogen-bond acceptors (Lipinski definition) is 3. The number of aliphatic hydroxyl groups excluding tert-OH is 1. The second-order valence-corrected chi connectivity index (χ2v) is 4.50. The van der Waals surface area contributed by atoms with Crippen LogP contribution in [0.2, 0.25) is 0 Å². The monoisotopic (exact) mass is 273 g/mol. The van der Waals surface area contributed by atoms with Gasteiger partial charge in [0.1, 0.15) is 6.61 Å². The zero-order valence-electron chi connectivity index (χ0n) is 10.4. The van der Waals surface area contributed by atoms with Gasteiger partial charge in [-0.25, -0.2) is 0 Å². The average molecular weight is 273 g/mol. The van der Waals surface area contributed by atoms with Crippen molar-refractivity contribution in [2.24, 2.45) is 4.99 Å². The van der Waals surface area contributed by atoms with Crippen LogP contribution < -0.4 is 0 Å². The highest BCUT2D eigenvalue weighted by atomic mass is 19.4. The van der Waals surface area contributed by atoms with E-state index in [1.807, 2.05) is 6.92 Å². The summed E-state index contributed by atoms with van der Waals surface area (Å²) in [6.45, 7) is 0.311. The van der Waals surface area contributed by atoms with E-state index in [4.69, 9.17) is 9.84 Å². The van der Waals surface area contributed by atoms with E-state index >= 15 is 0 Å². The molecule has 0 fully saturated rings. The molecule has 0 bridgehead atoms. The van der Waals surface area contributed by atoms with Gasteiger partial charge < -0.3 is 9.84 Å². The molecule has 3 nitrogen and oxygen atoms in total. The van der Waals surface area contributed by atoms with E-state index in [0.717, 1.165) is 5.57 Å². The summed E-state index contributed by atoms with van der Waals surface area (Å²) >= 11 is 0. The molecule has 2 aliphatic rings. The minimum absolute atomic E-state index is 0.164. The van der Waals surface area contributed by atoms with Gasteiger partial charge in [0, 0.05) is 12.8 Å². The molecule has 1 aliphatic carbocycles. The lowest BCUT2D eigenvalue weighted by atomic mass is 9.84. The van der Waals surface area contributed by atoms with Gasteiger partial charge in [0.15, 0.2) is 5.60 Å². The van der Waals surface area contributed by atoms with Crippen molar-refractivity contribution < 1.29 is 23.0 Å². The van der Waals surface area contributed by atoms with Gasteiger partial charge in [-0.2, -0.15) is 13.2 Å². The van der Waals surface area contributed by atoms with Crippen LogP contribution in [0.3, 0.4) is 0 Å². The zero-order valence-corrected chi connectivity index (χ0v) is 10.4. The van der Waals surface area contributed by atoms with Crippen molar-refractivity contribution in [3.63, 3.8) is 0 Å². The van der Waals surface area contributed by atoms with Gasteiger partial charge in [0.25, 0.3) is 0 Å². The molecule has 1 heterocycles. The molecule has 1 unspecified atom stereocenters. The maximum Gasteiger partial charge on any atom is 0.411 e. The number of aliphatic imine (C=N–C) groups is 1. The molecule has 2 rings (SSSR count). The molecule has 0 saturated carbocycles. The molecule has 19 heavy (non-hydrogen) atoms.